The Morgan fingerprint density at radius 2 is 2.17 bits per heavy atom. The maximum absolute atomic E-state index is 4.29. The second kappa shape index (κ2) is 5.12. The van der Waals surface area contributed by atoms with Crippen molar-refractivity contribution >= 4 is 12.4 Å². The summed E-state index contributed by atoms with van der Waals surface area (Å²) in [5, 5.41) is 11.8. The molecule has 0 amide bonds. The molecule has 2 aromatic heterocycles. The summed E-state index contributed by atoms with van der Waals surface area (Å²) in [6.45, 7) is 7.10. The third-order valence-corrected chi connectivity index (χ3v) is 3.21. The maximum atomic E-state index is 4.29. The third kappa shape index (κ3) is 2.15. The zero-order valence-electron chi connectivity index (χ0n) is 10.6. The van der Waals surface area contributed by atoms with E-state index in [1.54, 1.807) is 0 Å². The summed E-state index contributed by atoms with van der Waals surface area (Å²) in [5.74, 6) is 2.51. The number of hydrogen-bond donors (Lipinski definition) is 2. The fraction of sp³-hybridized carbons (Fsp3) is 0.500. The number of aromatic amines is 1. The summed E-state index contributed by atoms with van der Waals surface area (Å²) in [5.41, 5.74) is 2.38. The van der Waals surface area contributed by atoms with E-state index in [1.165, 1.54) is 5.69 Å². The highest BCUT2D eigenvalue weighted by atomic mass is 35.5. The Kier molecular flexibility index (Phi) is 3.73. The molecule has 3 rings (SSSR count). The van der Waals surface area contributed by atoms with Gasteiger partial charge in [-0.1, -0.05) is 13.8 Å². The van der Waals surface area contributed by atoms with E-state index in [0.29, 0.717) is 5.92 Å². The molecular formula is C12H18ClN5. The average molecular weight is 268 g/mol. The summed E-state index contributed by atoms with van der Waals surface area (Å²) >= 11 is 0. The van der Waals surface area contributed by atoms with E-state index >= 15 is 0 Å². The van der Waals surface area contributed by atoms with Crippen LogP contribution in [-0.2, 0) is 13.1 Å². The lowest BCUT2D eigenvalue weighted by Gasteiger charge is -2.15. The number of aromatic nitrogens is 4. The van der Waals surface area contributed by atoms with Crippen LogP contribution >= 0.6 is 12.4 Å². The molecule has 1 aliphatic rings. The number of fused-ring (bicyclic) bond motifs is 1. The van der Waals surface area contributed by atoms with Crippen molar-refractivity contribution in [3.63, 3.8) is 0 Å². The van der Waals surface area contributed by atoms with Gasteiger partial charge in [0.15, 0.2) is 5.82 Å². The van der Waals surface area contributed by atoms with Gasteiger partial charge in [0.1, 0.15) is 5.82 Å². The monoisotopic (exact) mass is 267 g/mol. The highest BCUT2D eigenvalue weighted by Crippen LogP contribution is 2.23. The summed E-state index contributed by atoms with van der Waals surface area (Å²) in [6, 6.07) is 2.17. The van der Waals surface area contributed by atoms with Crippen LogP contribution in [0, 0.1) is 0 Å². The molecule has 0 saturated heterocycles. The fourth-order valence-corrected chi connectivity index (χ4v) is 2.18. The van der Waals surface area contributed by atoms with Gasteiger partial charge in [0.2, 0.25) is 0 Å². The molecule has 0 unspecified atom stereocenters. The molecule has 1 aliphatic heterocycles. The molecule has 6 heteroatoms. The maximum Gasteiger partial charge on any atom is 0.165 e. The molecule has 5 nitrogen and oxygen atoms in total. The lowest BCUT2D eigenvalue weighted by molar-refractivity contribution is 0.508. The predicted molar refractivity (Wildman–Crippen MR) is 72.9 cm³/mol. The highest BCUT2D eigenvalue weighted by Gasteiger charge is 2.17. The van der Waals surface area contributed by atoms with Gasteiger partial charge in [-0.25, -0.2) is 0 Å². The number of nitrogens with zero attached hydrogens (tertiary/aromatic N) is 3. The van der Waals surface area contributed by atoms with E-state index in [1.807, 2.05) is 6.20 Å². The van der Waals surface area contributed by atoms with Crippen LogP contribution in [0.5, 0.6) is 0 Å². The van der Waals surface area contributed by atoms with Crippen molar-refractivity contribution < 1.29 is 0 Å². The molecule has 0 saturated carbocycles. The van der Waals surface area contributed by atoms with E-state index in [2.05, 4.69) is 45.0 Å². The minimum atomic E-state index is 0. The number of hydrogen-bond acceptors (Lipinski definition) is 3. The van der Waals surface area contributed by atoms with Gasteiger partial charge in [-0.3, -0.25) is 0 Å². The Bertz CT molecular complexity index is 528. The molecule has 0 aromatic carbocycles. The van der Waals surface area contributed by atoms with Crippen molar-refractivity contribution in [1.82, 2.24) is 25.1 Å². The van der Waals surface area contributed by atoms with Gasteiger partial charge in [-0.15, -0.1) is 22.6 Å². The first-order chi connectivity index (χ1) is 8.25. The minimum Gasteiger partial charge on any atom is -0.364 e. The van der Waals surface area contributed by atoms with E-state index in [9.17, 15) is 0 Å². The van der Waals surface area contributed by atoms with Gasteiger partial charge in [-0.05, 0) is 12.0 Å². The van der Waals surface area contributed by atoms with Crippen LogP contribution in [0.1, 0.15) is 31.3 Å². The largest absolute Gasteiger partial charge is 0.364 e. The molecule has 2 aromatic rings. The zero-order valence-corrected chi connectivity index (χ0v) is 11.4. The molecule has 0 atom stereocenters. The molecule has 0 bridgehead atoms. The van der Waals surface area contributed by atoms with Gasteiger partial charge in [0.25, 0.3) is 0 Å². The van der Waals surface area contributed by atoms with Gasteiger partial charge < -0.3 is 14.9 Å². The first-order valence-electron chi connectivity index (χ1n) is 6.07. The number of halogens is 1. The molecule has 2 N–H and O–H groups in total. The van der Waals surface area contributed by atoms with Gasteiger partial charge in [0, 0.05) is 30.5 Å². The van der Waals surface area contributed by atoms with Crippen LogP contribution in [0.25, 0.3) is 11.4 Å². The van der Waals surface area contributed by atoms with Crippen molar-refractivity contribution in [3.05, 3.63) is 23.8 Å². The van der Waals surface area contributed by atoms with Crippen LogP contribution in [0.3, 0.4) is 0 Å². The second-order valence-electron chi connectivity index (χ2n) is 4.77. The minimum absolute atomic E-state index is 0. The van der Waals surface area contributed by atoms with Crippen molar-refractivity contribution in [2.24, 2.45) is 0 Å². The molecule has 0 fully saturated rings. The summed E-state index contributed by atoms with van der Waals surface area (Å²) in [7, 11) is 0. The van der Waals surface area contributed by atoms with Crippen LogP contribution < -0.4 is 5.32 Å². The van der Waals surface area contributed by atoms with Crippen LogP contribution in [0.2, 0.25) is 0 Å². The third-order valence-electron chi connectivity index (χ3n) is 3.21. The summed E-state index contributed by atoms with van der Waals surface area (Å²) in [4.78, 5) is 3.30. The Morgan fingerprint density at radius 3 is 2.89 bits per heavy atom. The van der Waals surface area contributed by atoms with Crippen molar-refractivity contribution in [2.45, 2.75) is 32.9 Å². The lowest BCUT2D eigenvalue weighted by Crippen LogP contribution is -2.28. The van der Waals surface area contributed by atoms with E-state index in [4.69, 9.17) is 0 Å². The predicted octanol–water partition coefficient (Wildman–Crippen LogP) is 1.92. The SMILES string of the molecule is CC(C)c1cc(-c2nnc3n2CCNC3)c[nH]1.Cl. The summed E-state index contributed by atoms with van der Waals surface area (Å²) < 4.78 is 2.20. The standard InChI is InChI=1S/C12H17N5.ClH/c1-8(2)10-5-9(6-14-10)12-16-15-11-7-13-3-4-17(11)12;/h5-6,8,13-14H,3-4,7H2,1-2H3;1H. The molecular weight excluding hydrogens is 250 g/mol. The van der Waals surface area contributed by atoms with Crippen LogP contribution in [0.4, 0.5) is 0 Å². The molecule has 0 aliphatic carbocycles. The Labute approximate surface area is 112 Å². The Morgan fingerprint density at radius 1 is 1.33 bits per heavy atom. The second-order valence-corrected chi connectivity index (χ2v) is 4.77. The van der Waals surface area contributed by atoms with Gasteiger partial charge in [-0.2, -0.15) is 0 Å². The van der Waals surface area contributed by atoms with E-state index in [-0.39, 0.29) is 12.4 Å². The number of H-pyrrole nitrogens is 1. The first-order valence-corrected chi connectivity index (χ1v) is 6.07. The molecule has 3 heterocycles. The van der Waals surface area contributed by atoms with E-state index in [0.717, 1.165) is 36.8 Å². The van der Waals surface area contributed by atoms with Crippen molar-refractivity contribution in [2.75, 3.05) is 6.54 Å². The number of nitrogens with one attached hydrogen (secondary N) is 2. The zero-order chi connectivity index (χ0) is 11.8. The fourth-order valence-electron chi connectivity index (χ4n) is 2.18. The van der Waals surface area contributed by atoms with E-state index < -0.39 is 0 Å². The molecule has 0 spiro atoms. The number of rotatable bonds is 2. The molecule has 0 radical (unpaired) electrons. The van der Waals surface area contributed by atoms with Crippen molar-refractivity contribution in [1.29, 1.82) is 0 Å². The van der Waals surface area contributed by atoms with Crippen molar-refractivity contribution in [3.8, 4) is 11.4 Å². The highest BCUT2D eigenvalue weighted by molar-refractivity contribution is 5.85. The molecule has 98 valence electrons. The van der Waals surface area contributed by atoms with Gasteiger partial charge >= 0.3 is 0 Å². The summed E-state index contributed by atoms with van der Waals surface area (Å²) in [6.07, 6.45) is 2.02. The van der Waals surface area contributed by atoms with Crippen LogP contribution in [0.15, 0.2) is 12.3 Å². The normalized spacial score (nSPS) is 14.4. The molecule has 18 heavy (non-hydrogen) atoms. The average Bonchev–Trinajstić information content (AvgIpc) is 2.95. The Balaban J connectivity index is 0.00000120. The van der Waals surface area contributed by atoms with Crippen LogP contribution in [-0.4, -0.2) is 26.3 Å². The topological polar surface area (TPSA) is 58.5 Å². The first kappa shape index (κ1) is 13.1. The quantitative estimate of drug-likeness (QED) is 0.874. The lowest BCUT2D eigenvalue weighted by atomic mass is 10.1. The van der Waals surface area contributed by atoms with Gasteiger partial charge in [0.05, 0.1) is 6.54 Å². The smallest absolute Gasteiger partial charge is 0.165 e. The Hall–Kier alpha value is -1.33.